The van der Waals surface area contributed by atoms with E-state index in [9.17, 15) is 22.4 Å². The molecule has 37 heavy (non-hydrogen) atoms. The highest BCUT2D eigenvalue weighted by Crippen LogP contribution is 2.30. The predicted molar refractivity (Wildman–Crippen MR) is 128 cm³/mol. The third-order valence-corrected chi connectivity index (χ3v) is 6.57. The third kappa shape index (κ3) is 5.31. The summed E-state index contributed by atoms with van der Waals surface area (Å²) in [4.78, 5) is 29.4. The Morgan fingerprint density at radius 2 is 1.70 bits per heavy atom. The molecule has 0 radical (unpaired) electrons. The summed E-state index contributed by atoms with van der Waals surface area (Å²) in [7, 11) is 0. The van der Waals surface area contributed by atoms with Gasteiger partial charge in [0.2, 0.25) is 11.9 Å². The van der Waals surface area contributed by atoms with Gasteiger partial charge in [-0.15, -0.1) is 0 Å². The number of amides is 1. The number of rotatable bonds is 6. The molecule has 1 amide bonds. The summed E-state index contributed by atoms with van der Waals surface area (Å²) in [6.07, 6.45) is -3.63. The Kier molecular flexibility index (Phi) is 6.88. The first-order valence-electron chi connectivity index (χ1n) is 12.1. The second-order valence-electron chi connectivity index (χ2n) is 9.15. The number of aromatic nitrogens is 4. The van der Waals surface area contributed by atoms with Crippen molar-refractivity contribution in [1.82, 2.24) is 24.4 Å². The fourth-order valence-electron chi connectivity index (χ4n) is 4.57. The molecule has 2 saturated heterocycles. The molecule has 0 bridgehead atoms. The van der Waals surface area contributed by atoms with Gasteiger partial charge < -0.3 is 19.9 Å². The van der Waals surface area contributed by atoms with Crippen LogP contribution in [0.15, 0.2) is 30.3 Å². The minimum atomic E-state index is -2.86. The van der Waals surface area contributed by atoms with Gasteiger partial charge in [0.15, 0.2) is 5.82 Å². The van der Waals surface area contributed by atoms with E-state index in [1.807, 2.05) is 4.90 Å². The quantitative estimate of drug-likeness (QED) is 0.496. The van der Waals surface area contributed by atoms with Crippen LogP contribution in [-0.4, -0.2) is 81.7 Å². The second-order valence-corrected chi connectivity index (χ2v) is 9.15. The van der Waals surface area contributed by atoms with Gasteiger partial charge in [0.05, 0.1) is 24.2 Å². The number of benzene rings is 1. The number of hydrogen-bond donors (Lipinski definition) is 1. The number of morpholine rings is 1. The topological polar surface area (TPSA) is 88.4 Å². The molecule has 0 saturated carbocycles. The SMILES string of the molecule is C[C@H](Nc1nc(N2CCOCC2)cc(-n2c(C(F)F)nc3ccccc32)n1)C(=O)N1CCC(F)(F)CC1. The number of carbonyl (C=O) groups is 1. The van der Waals surface area contributed by atoms with Gasteiger partial charge in [0.1, 0.15) is 17.7 Å². The Bertz CT molecular complexity index is 1270. The molecule has 13 heteroatoms. The molecule has 4 heterocycles. The van der Waals surface area contributed by atoms with Gasteiger partial charge in [-0.3, -0.25) is 9.36 Å². The lowest BCUT2D eigenvalue weighted by Gasteiger charge is -2.33. The molecule has 198 valence electrons. The Morgan fingerprint density at radius 3 is 2.41 bits per heavy atom. The summed E-state index contributed by atoms with van der Waals surface area (Å²) in [6.45, 7) is 3.54. The molecule has 0 aliphatic carbocycles. The largest absolute Gasteiger partial charge is 0.378 e. The van der Waals surface area contributed by atoms with Crippen LogP contribution in [0.3, 0.4) is 0 Å². The zero-order valence-corrected chi connectivity index (χ0v) is 20.2. The molecule has 1 N–H and O–H groups in total. The number of imidazole rings is 1. The van der Waals surface area contributed by atoms with Crippen molar-refractivity contribution in [1.29, 1.82) is 0 Å². The number of ether oxygens (including phenoxy) is 1. The number of para-hydroxylation sites is 2. The molecule has 0 unspecified atom stereocenters. The first-order chi connectivity index (χ1) is 17.7. The van der Waals surface area contributed by atoms with Crippen LogP contribution < -0.4 is 10.2 Å². The molecular weight excluding hydrogens is 494 g/mol. The fourth-order valence-corrected chi connectivity index (χ4v) is 4.57. The number of hydrogen-bond acceptors (Lipinski definition) is 7. The number of carbonyl (C=O) groups excluding carboxylic acids is 1. The highest BCUT2D eigenvalue weighted by atomic mass is 19.3. The van der Waals surface area contributed by atoms with Crippen molar-refractivity contribution in [2.45, 2.75) is 38.2 Å². The Balaban J connectivity index is 1.50. The van der Waals surface area contributed by atoms with E-state index in [1.54, 1.807) is 37.3 Å². The summed E-state index contributed by atoms with van der Waals surface area (Å²) >= 11 is 0. The van der Waals surface area contributed by atoms with Gasteiger partial charge in [0.25, 0.3) is 12.3 Å². The highest BCUT2D eigenvalue weighted by molar-refractivity contribution is 5.84. The molecule has 2 aliphatic heterocycles. The van der Waals surface area contributed by atoms with Crippen molar-refractivity contribution in [2.75, 3.05) is 49.6 Å². The molecule has 1 aromatic carbocycles. The van der Waals surface area contributed by atoms with Crippen LogP contribution >= 0.6 is 0 Å². The summed E-state index contributed by atoms with van der Waals surface area (Å²) in [6, 6.07) is 7.54. The smallest absolute Gasteiger partial charge is 0.296 e. The lowest BCUT2D eigenvalue weighted by atomic mass is 10.1. The first kappa shape index (κ1) is 25.2. The van der Waals surface area contributed by atoms with E-state index in [1.165, 1.54) is 9.47 Å². The number of alkyl halides is 4. The highest BCUT2D eigenvalue weighted by Gasteiger charge is 2.36. The number of likely N-dealkylation sites (tertiary alicyclic amines) is 1. The Morgan fingerprint density at radius 1 is 1.03 bits per heavy atom. The van der Waals surface area contributed by atoms with Gasteiger partial charge in [-0.1, -0.05) is 12.1 Å². The van der Waals surface area contributed by atoms with Crippen molar-refractivity contribution in [3.05, 3.63) is 36.2 Å². The summed E-state index contributed by atoms with van der Waals surface area (Å²) < 4.78 is 61.8. The van der Waals surface area contributed by atoms with Crippen LogP contribution in [0.25, 0.3) is 16.9 Å². The van der Waals surface area contributed by atoms with Crippen molar-refractivity contribution in [3.8, 4) is 5.82 Å². The van der Waals surface area contributed by atoms with Crippen molar-refractivity contribution >= 4 is 28.7 Å². The molecule has 0 spiro atoms. The summed E-state index contributed by atoms with van der Waals surface area (Å²) in [5.74, 6) is -2.89. The molecule has 3 aromatic rings. The predicted octanol–water partition coefficient (Wildman–Crippen LogP) is 3.65. The minimum Gasteiger partial charge on any atom is -0.378 e. The Labute approximate surface area is 210 Å². The van der Waals surface area contributed by atoms with E-state index in [-0.39, 0.29) is 43.6 Å². The molecule has 2 aromatic heterocycles. The Hall–Kier alpha value is -3.48. The third-order valence-electron chi connectivity index (χ3n) is 6.57. The lowest BCUT2D eigenvalue weighted by Crippen LogP contribution is -2.48. The standard InChI is InChI=1S/C24H27F4N7O2/c1-15(22(36)34-8-6-24(27,28)7-9-34)29-23-31-18(33-10-12-37-13-11-33)14-19(32-23)35-17-5-3-2-4-16(17)30-21(35)20(25)26/h2-5,14-15,20H,6-13H2,1H3,(H,29,31,32)/t15-/m0/s1. The zero-order chi connectivity index (χ0) is 26.2. The number of halogens is 4. The normalized spacial score (nSPS) is 18.9. The van der Waals surface area contributed by atoms with Crippen molar-refractivity contribution < 1.29 is 27.1 Å². The van der Waals surface area contributed by atoms with Crippen LogP contribution in [0.4, 0.5) is 29.3 Å². The monoisotopic (exact) mass is 521 g/mol. The van der Waals surface area contributed by atoms with E-state index in [2.05, 4.69) is 20.3 Å². The lowest BCUT2D eigenvalue weighted by molar-refractivity contribution is -0.137. The van der Waals surface area contributed by atoms with Crippen LogP contribution in [0, 0.1) is 0 Å². The van der Waals surface area contributed by atoms with E-state index < -0.39 is 24.2 Å². The number of fused-ring (bicyclic) bond motifs is 1. The fraction of sp³-hybridized carbons (Fsp3) is 0.500. The molecule has 9 nitrogen and oxygen atoms in total. The van der Waals surface area contributed by atoms with E-state index >= 15 is 0 Å². The maximum atomic E-state index is 14.0. The number of piperidine rings is 1. The van der Waals surface area contributed by atoms with Gasteiger partial charge in [0, 0.05) is 45.1 Å². The van der Waals surface area contributed by atoms with Crippen molar-refractivity contribution in [2.24, 2.45) is 0 Å². The first-order valence-corrected chi connectivity index (χ1v) is 12.1. The summed E-state index contributed by atoms with van der Waals surface area (Å²) in [5.41, 5.74) is 0.845. The molecule has 1 atom stereocenters. The number of nitrogens with zero attached hydrogens (tertiary/aromatic N) is 6. The van der Waals surface area contributed by atoms with E-state index in [0.29, 0.717) is 43.2 Å². The zero-order valence-electron chi connectivity index (χ0n) is 20.2. The summed E-state index contributed by atoms with van der Waals surface area (Å²) in [5, 5.41) is 2.96. The molecule has 2 aliphatic rings. The maximum Gasteiger partial charge on any atom is 0.296 e. The van der Waals surface area contributed by atoms with Gasteiger partial charge in [-0.2, -0.15) is 9.97 Å². The van der Waals surface area contributed by atoms with E-state index in [4.69, 9.17) is 4.74 Å². The second kappa shape index (κ2) is 10.1. The minimum absolute atomic E-state index is 0.0451. The molecular formula is C24H27F4N7O2. The molecule has 5 rings (SSSR count). The maximum absolute atomic E-state index is 14.0. The van der Waals surface area contributed by atoms with Crippen LogP contribution in [0.2, 0.25) is 0 Å². The average Bonchev–Trinajstić information content (AvgIpc) is 3.29. The van der Waals surface area contributed by atoms with Crippen molar-refractivity contribution in [3.63, 3.8) is 0 Å². The van der Waals surface area contributed by atoms with Crippen LogP contribution in [0.1, 0.15) is 32.0 Å². The number of nitrogens with one attached hydrogen (secondary N) is 1. The average molecular weight is 522 g/mol. The van der Waals surface area contributed by atoms with Gasteiger partial charge >= 0.3 is 0 Å². The van der Waals surface area contributed by atoms with E-state index in [0.717, 1.165) is 0 Å². The van der Waals surface area contributed by atoms with Gasteiger partial charge in [-0.25, -0.2) is 22.5 Å². The van der Waals surface area contributed by atoms with Crippen LogP contribution in [-0.2, 0) is 9.53 Å². The number of anilines is 2. The molecule has 2 fully saturated rings. The van der Waals surface area contributed by atoms with Gasteiger partial charge in [-0.05, 0) is 19.1 Å². The van der Waals surface area contributed by atoms with Crippen LogP contribution in [0.5, 0.6) is 0 Å².